The lowest BCUT2D eigenvalue weighted by molar-refractivity contribution is 0.447. The summed E-state index contributed by atoms with van der Waals surface area (Å²) in [4.78, 5) is 0. The van der Waals surface area contributed by atoms with E-state index in [2.05, 4.69) is 42.7 Å². The third-order valence-corrected chi connectivity index (χ3v) is 6.05. The van der Waals surface area contributed by atoms with Crippen molar-refractivity contribution >= 4 is 23.5 Å². The van der Waals surface area contributed by atoms with E-state index in [4.69, 9.17) is 0 Å². The van der Waals surface area contributed by atoms with Gasteiger partial charge in [-0.2, -0.15) is 23.5 Å². The van der Waals surface area contributed by atoms with Crippen LogP contribution in [0, 0.1) is 0 Å². The fourth-order valence-electron chi connectivity index (χ4n) is 2.75. The van der Waals surface area contributed by atoms with Crippen molar-refractivity contribution in [3.63, 3.8) is 0 Å². The minimum absolute atomic E-state index is 0.806. The largest absolute Gasteiger partial charge is 0.310 e. The molecule has 2 aliphatic rings. The van der Waals surface area contributed by atoms with Gasteiger partial charge in [0.15, 0.2) is 0 Å². The van der Waals surface area contributed by atoms with Crippen molar-refractivity contribution in [3.8, 4) is 0 Å². The lowest BCUT2D eigenvalue weighted by Gasteiger charge is -2.18. The first kappa shape index (κ1) is 12.1. The van der Waals surface area contributed by atoms with Crippen LogP contribution in [0.1, 0.15) is 39.5 Å². The molecule has 1 saturated heterocycles. The second kappa shape index (κ2) is 5.83. The van der Waals surface area contributed by atoms with E-state index in [1.54, 1.807) is 0 Å². The molecule has 2 fully saturated rings. The molecule has 3 heteroatoms. The summed E-state index contributed by atoms with van der Waals surface area (Å²) >= 11 is 4.29. The van der Waals surface area contributed by atoms with Crippen molar-refractivity contribution in [1.82, 2.24) is 5.32 Å². The van der Waals surface area contributed by atoms with Crippen LogP contribution in [0.5, 0.6) is 0 Å². The number of hydrogen-bond donors (Lipinski definition) is 1. The summed E-state index contributed by atoms with van der Waals surface area (Å²) in [5, 5.41) is 5.69. The van der Waals surface area contributed by atoms with Crippen molar-refractivity contribution in [2.45, 2.75) is 62.1 Å². The molecule has 4 unspecified atom stereocenters. The van der Waals surface area contributed by atoms with Crippen LogP contribution in [0.25, 0.3) is 0 Å². The Kier molecular flexibility index (Phi) is 4.71. The predicted molar refractivity (Wildman–Crippen MR) is 73.0 cm³/mol. The number of hydrogen-bond acceptors (Lipinski definition) is 3. The monoisotopic (exact) mass is 245 g/mol. The van der Waals surface area contributed by atoms with E-state index in [1.165, 1.54) is 37.2 Å². The van der Waals surface area contributed by atoms with Crippen molar-refractivity contribution in [3.05, 3.63) is 0 Å². The standard InChI is InChI=1S/C12H23NS2/c1-3-14-12-5-4-10(7-12)13-11-6-9(2)15-8-11/h9-13H,3-8H2,1-2H3. The van der Waals surface area contributed by atoms with Crippen LogP contribution in [-0.4, -0.2) is 34.1 Å². The highest BCUT2D eigenvalue weighted by Crippen LogP contribution is 2.32. The molecule has 88 valence electrons. The average molecular weight is 245 g/mol. The lowest BCUT2D eigenvalue weighted by atomic mass is 10.1. The van der Waals surface area contributed by atoms with Crippen molar-refractivity contribution in [2.75, 3.05) is 11.5 Å². The van der Waals surface area contributed by atoms with Crippen LogP contribution >= 0.6 is 23.5 Å². The molecule has 1 aliphatic heterocycles. The minimum atomic E-state index is 0.806. The molecule has 0 radical (unpaired) electrons. The van der Waals surface area contributed by atoms with Crippen LogP contribution in [0.3, 0.4) is 0 Å². The zero-order valence-corrected chi connectivity index (χ0v) is 11.5. The van der Waals surface area contributed by atoms with Crippen LogP contribution in [-0.2, 0) is 0 Å². The molecule has 15 heavy (non-hydrogen) atoms. The maximum atomic E-state index is 3.86. The molecule has 1 aliphatic carbocycles. The van der Waals surface area contributed by atoms with Gasteiger partial charge in [-0.3, -0.25) is 0 Å². The van der Waals surface area contributed by atoms with Gasteiger partial charge >= 0.3 is 0 Å². The first-order valence-electron chi connectivity index (χ1n) is 6.27. The number of thioether (sulfide) groups is 2. The van der Waals surface area contributed by atoms with E-state index in [0.717, 1.165) is 22.6 Å². The summed E-state index contributed by atoms with van der Waals surface area (Å²) in [5.41, 5.74) is 0. The zero-order valence-electron chi connectivity index (χ0n) is 9.87. The molecule has 0 amide bonds. The third kappa shape index (κ3) is 3.57. The van der Waals surface area contributed by atoms with Gasteiger partial charge in [-0.1, -0.05) is 13.8 Å². The Morgan fingerprint density at radius 1 is 1.27 bits per heavy atom. The first-order valence-corrected chi connectivity index (χ1v) is 8.37. The predicted octanol–water partition coefficient (Wildman–Crippen LogP) is 3.14. The van der Waals surface area contributed by atoms with Gasteiger partial charge in [0.1, 0.15) is 0 Å². The molecular formula is C12H23NS2. The van der Waals surface area contributed by atoms with Crippen LogP contribution in [0.4, 0.5) is 0 Å². The minimum Gasteiger partial charge on any atom is -0.310 e. The smallest absolute Gasteiger partial charge is 0.0171 e. The second-order valence-electron chi connectivity index (χ2n) is 4.83. The molecule has 1 heterocycles. The summed E-state index contributed by atoms with van der Waals surface area (Å²) in [5.74, 6) is 2.62. The van der Waals surface area contributed by atoms with Crippen molar-refractivity contribution < 1.29 is 0 Å². The van der Waals surface area contributed by atoms with Gasteiger partial charge in [-0.25, -0.2) is 0 Å². The SMILES string of the molecule is CCSC1CCC(NC2CSC(C)C2)C1. The zero-order chi connectivity index (χ0) is 10.7. The van der Waals surface area contributed by atoms with E-state index in [1.807, 2.05) is 0 Å². The molecular weight excluding hydrogens is 222 g/mol. The van der Waals surface area contributed by atoms with E-state index in [-0.39, 0.29) is 0 Å². The lowest BCUT2D eigenvalue weighted by Crippen LogP contribution is -2.37. The Morgan fingerprint density at radius 2 is 2.13 bits per heavy atom. The molecule has 0 spiro atoms. The third-order valence-electron chi connectivity index (χ3n) is 3.46. The summed E-state index contributed by atoms with van der Waals surface area (Å²) < 4.78 is 0. The van der Waals surface area contributed by atoms with Gasteiger partial charge in [-0.15, -0.1) is 0 Å². The fourth-order valence-corrected chi connectivity index (χ4v) is 5.05. The Hall–Kier alpha value is 0.660. The van der Waals surface area contributed by atoms with Gasteiger partial charge < -0.3 is 5.32 Å². The normalized spacial score (nSPS) is 41.2. The molecule has 4 atom stereocenters. The first-order chi connectivity index (χ1) is 7.28. The fraction of sp³-hybridized carbons (Fsp3) is 1.00. The van der Waals surface area contributed by atoms with Crippen LogP contribution in [0.15, 0.2) is 0 Å². The van der Waals surface area contributed by atoms with Gasteiger partial charge in [0.2, 0.25) is 0 Å². The molecule has 2 rings (SSSR count). The maximum absolute atomic E-state index is 3.86. The maximum Gasteiger partial charge on any atom is 0.0171 e. The van der Waals surface area contributed by atoms with Crippen LogP contribution < -0.4 is 5.32 Å². The Balaban J connectivity index is 1.68. The summed E-state index contributed by atoms with van der Waals surface area (Å²) in [6.07, 6.45) is 5.64. The molecule has 1 N–H and O–H groups in total. The second-order valence-corrected chi connectivity index (χ2v) is 7.88. The van der Waals surface area contributed by atoms with E-state index in [9.17, 15) is 0 Å². The van der Waals surface area contributed by atoms with E-state index >= 15 is 0 Å². The molecule has 0 aromatic rings. The average Bonchev–Trinajstić information content (AvgIpc) is 2.78. The number of nitrogens with one attached hydrogen (secondary N) is 1. The summed E-state index contributed by atoms with van der Waals surface area (Å²) in [7, 11) is 0. The van der Waals surface area contributed by atoms with Gasteiger partial charge in [0.05, 0.1) is 0 Å². The van der Waals surface area contributed by atoms with Gasteiger partial charge in [-0.05, 0) is 31.4 Å². The van der Waals surface area contributed by atoms with E-state index < -0.39 is 0 Å². The highest BCUT2D eigenvalue weighted by atomic mass is 32.2. The Bertz CT molecular complexity index is 198. The summed E-state index contributed by atoms with van der Waals surface area (Å²) in [6, 6.07) is 1.63. The topological polar surface area (TPSA) is 12.0 Å². The molecule has 0 aromatic carbocycles. The molecule has 0 bridgehead atoms. The van der Waals surface area contributed by atoms with E-state index in [0.29, 0.717) is 0 Å². The van der Waals surface area contributed by atoms with Crippen LogP contribution in [0.2, 0.25) is 0 Å². The number of rotatable bonds is 4. The molecule has 0 aromatic heterocycles. The Morgan fingerprint density at radius 3 is 2.80 bits per heavy atom. The van der Waals surface area contributed by atoms with Gasteiger partial charge in [0.25, 0.3) is 0 Å². The van der Waals surface area contributed by atoms with Crippen molar-refractivity contribution in [1.29, 1.82) is 0 Å². The summed E-state index contributed by atoms with van der Waals surface area (Å²) in [6.45, 7) is 4.64. The highest BCUT2D eigenvalue weighted by molar-refractivity contribution is 8.00. The van der Waals surface area contributed by atoms with Crippen molar-refractivity contribution in [2.24, 2.45) is 0 Å². The Labute approximate surface area is 103 Å². The highest BCUT2D eigenvalue weighted by Gasteiger charge is 2.29. The molecule has 1 saturated carbocycles. The molecule has 1 nitrogen and oxygen atoms in total. The quantitative estimate of drug-likeness (QED) is 0.817. The van der Waals surface area contributed by atoms with Gasteiger partial charge in [0, 0.05) is 28.3 Å².